The summed E-state index contributed by atoms with van der Waals surface area (Å²) >= 11 is 0. The van der Waals surface area contributed by atoms with E-state index in [9.17, 15) is 0 Å². The van der Waals surface area contributed by atoms with Crippen molar-refractivity contribution in [1.82, 2.24) is 0 Å². The van der Waals surface area contributed by atoms with Crippen LogP contribution in [0.3, 0.4) is 0 Å². The Kier molecular flexibility index (Phi) is 17.8. The Morgan fingerprint density at radius 1 is 0.667 bits per heavy atom. The van der Waals surface area contributed by atoms with Crippen LogP contribution in [-0.2, 0) is 27.7 Å². The van der Waals surface area contributed by atoms with Gasteiger partial charge in [-0.3, -0.25) is 0 Å². The summed E-state index contributed by atoms with van der Waals surface area (Å²) in [5, 5.41) is 0. The zero-order valence-corrected chi connectivity index (χ0v) is 9.91. The summed E-state index contributed by atoms with van der Waals surface area (Å²) in [5.41, 5.74) is 0. The molecule has 12 heavy (non-hydrogen) atoms. The Morgan fingerprint density at radius 3 is 0.667 bits per heavy atom. The van der Waals surface area contributed by atoms with Crippen LogP contribution < -0.4 is 29.4 Å². The van der Waals surface area contributed by atoms with Crippen molar-refractivity contribution in [1.29, 1.82) is 0 Å². The van der Waals surface area contributed by atoms with Crippen LogP contribution in [0.1, 0.15) is 0 Å². The van der Waals surface area contributed by atoms with Crippen LogP contribution in [0.4, 0.5) is 0 Å². The normalized spacial score (nSPS) is 9.83. The second kappa shape index (κ2) is 9.14. The first-order valence-electron chi connectivity index (χ1n) is 1.46. The summed E-state index contributed by atoms with van der Waals surface area (Å²) in [5.74, 6) is 0. The molecule has 8 nitrogen and oxygen atoms in total. The minimum Gasteiger partial charge on any atom is -0.822 e. The summed E-state index contributed by atoms with van der Waals surface area (Å²) < 4.78 is 17.1. The Labute approximate surface area is 95.5 Å². The first-order chi connectivity index (χ1) is 4.00. The molecular weight excluding hydrogens is 265 g/mol. The van der Waals surface area contributed by atoms with E-state index in [1.165, 1.54) is 0 Å². The molecule has 0 aliphatic heterocycles. The molecule has 0 aliphatic rings. The molecule has 0 radical (unpaired) electrons. The van der Waals surface area contributed by atoms with Crippen LogP contribution in [0.2, 0.25) is 0 Å². The molecule has 0 fully saturated rings. The minimum absolute atomic E-state index is 0. The van der Waals surface area contributed by atoms with Crippen molar-refractivity contribution >= 4 is 38.7 Å². The van der Waals surface area contributed by atoms with Crippen LogP contribution in [-0.4, -0.2) is 23.1 Å². The van der Waals surface area contributed by atoms with E-state index < -0.39 is 15.6 Å². The second-order valence-electron chi connectivity index (χ2n) is 0.894. The summed E-state index contributed by atoms with van der Waals surface area (Å²) in [6.07, 6.45) is 0. The molecule has 0 aromatic carbocycles. The fourth-order valence-corrected chi connectivity index (χ4v) is 0. The van der Waals surface area contributed by atoms with E-state index in [0.29, 0.717) is 0 Å². The monoisotopic (exact) mass is 265 g/mol. The first-order valence-corrected chi connectivity index (χ1v) is 4.38. The number of rotatable bonds is 0. The number of phosphoric acid groups is 2. The van der Waals surface area contributed by atoms with Gasteiger partial charge in [0.25, 0.3) is 0 Å². The topological polar surface area (TPSA) is 172 Å². The van der Waals surface area contributed by atoms with E-state index in [1.807, 2.05) is 0 Å². The van der Waals surface area contributed by atoms with E-state index in [2.05, 4.69) is 0 Å². The largest absolute Gasteiger partial charge is 5.00 e. The van der Waals surface area contributed by atoms with Crippen molar-refractivity contribution in [2.45, 2.75) is 0 Å². The fraction of sp³-hybridized carbons (Fsp3) is 0. The van der Waals surface area contributed by atoms with Gasteiger partial charge in [-0.15, -0.1) is 0 Å². The van der Waals surface area contributed by atoms with Crippen LogP contribution in [0.15, 0.2) is 0 Å². The van der Waals surface area contributed by atoms with Gasteiger partial charge in [-0.2, -0.15) is 15.6 Å². The zero-order valence-electron chi connectivity index (χ0n) is 5.31. The van der Waals surface area contributed by atoms with E-state index in [1.54, 1.807) is 0 Å². The Balaban J connectivity index is -0.0000000457. The van der Waals surface area contributed by atoms with Crippen molar-refractivity contribution in [3.8, 4) is 0 Å². The van der Waals surface area contributed by atoms with Crippen LogP contribution in [0.5, 0.6) is 0 Å². The van der Waals surface area contributed by atoms with Crippen LogP contribution in [0, 0.1) is 0 Å². The molecule has 0 rings (SSSR count). The summed E-state index contributed by atoms with van der Waals surface area (Å²) in [6, 6.07) is 0. The fourth-order valence-electron chi connectivity index (χ4n) is 0. The SMILES string of the molecule is O=P([O-])([O-])[O-].O=P([O-])([O-])[O-].[Mg+2].[V+5]. The second-order valence-corrected chi connectivity index (χ2v) is 2.68. The molecule has 0 bridgehead atoms. The molecule has 12 heteroatoms. The smallest absolute Gasteiger partial charge is 0.822 e. The first kappa shape index (κ1) is 23.4. The van der Waals surface area contributed by atoms with Gasteiger partial charge in [0.15, 0.2) is 0 Å². The van der Waals surface area contributed by atoms with Gasteiger partial charge >= 0.3 is 41.6 Å². The summed E-state index contributed by atoms with van der Waals surface area (Å²) in [4.78, 5) is 51.3. The molecule has 0 saturated carbocycles. The third-order valence-electron chi connectivity index (χ3n) is 0. The van der Waals surface area contributed by atoms with Crippen molar-refractivity contribution in [3.63, 3.8) is 0 Å². The van der Waals surface area contributed by atoms with Crippen molar-refractivity contribution in [2.75, 3.05) is 0 Å². The van der Waals surface area contributed by atoms with E-state index in [-0.39, 0.29) is 41.6 Å². The van der Waals surface area contributed by atoms with Gasteiger partial charge in [0, 0.05) is 0 Å². The van der Waals surface area contributed by atoms with Crippen LogP contribution in [0.25, 0.3) is 0 Å². The van der Waals surface area contributed by atoms with Crippen molar-refractivity contribution in [2.24, 2.45) is 0 Å². The molecule has 0 saturated heterocycles. The maximum Gasteiger partial charge on any atom is 5.00 e. The van der Waals surface area contributed by atoms with Gasteiger partial charge in [-0.25, -0.2) is 0 Å². The van der Waals surface area contributed by atoms with Gasteiger partial charge in [0.1, 0.15) is 0 Å². The summed E-state index contributed by atoms with van der Waals surface area (Å²) in [7, 11) is -10.8. The molecule has 0 amide bonds. The predicted molar refractivity (Wildman–Crippen MR) is 21.0 cm³/mol. The van der Waals surface area contributed by atoms with E-state index in [0.717, 1.165) is 0 Å². The molecule has 0 aromatic rings. The number of hydrogen-bond acceptors (Lipinski definition) is 8. The van der Waals surface area contributed by atoms with Crippen LogP contribution >= 0.6 is 15.6 Å². The molecule has 0 atom stereocenters. The molecule has 0 unspecified atom stereocenters. The van der Waals surface area contributed by atoms with Crippen molar-refractivity contribution < 1.29 is 57.0 Å². The van der Waals surface area contributed by atoms with Gasteiger partial charge in [0.2, 0.25) is 0 Å². The average Bonchev–Trinajstić information content (AvgIpc) is 1.12. The Morgan fingerprint density at radius 2 is 0.667 bits per heavy atom. The third kappa shape index (κ3) is 524. The van der Waals surface area contributed by atoms with Crippen molar-refractivity contribution in [3.05, 3.63) is 0 Å². The van der Waals surface area contributed by atoms with Gasteiger partial charge in [0.05, 0.1) is 0 Å². The standard InChI is InChI=1S/Mg.2H3O4P.V/c;2*1-5(2,3)4;/h;2*(H3,1,2,3,4);/q+2;;;+5/p-6. The van der Waals surface area contributed by atoms with Gasteiger partial charge < -0.3 is 38.5 Å². The van der Waals surface area contributed by atoms with E-state index >= 15 is 0 Å². The molecule has 0 aliphatic carbocycles. The quantitative estimate of drug-likeness (QED) is 0.307. The third-order valence-corrected chi connectivity index (χ3v) is 0. The molecule has 0 aromatic heterocycles. The van der Waals surface area contributed by atoms with Gasteiger partial charge in [-0.05, 0) is 0 Å². The molecule has 0 heterocycles. The van der Waals surface area contributed by atoms with E-state index in [4.69, 9.17) is 38.5 Å². The Hall–Kier alpha value is 1.57. The zero-order chi connectivity index (χ0) is 9.00. The maximum atomic E-state index is 8.55. The molecule has 0 spiro atoms. The summed E-state index contributed by atoms with van der Waals surface area (Å²) in [6.45, 7) is 0. The number of hydrogen-bond donors (Lipinski definition) is 0. The Bertz CT molecular complexity index is 129. The predicted octanol–water partition coefficient (Wildman–Crippen LogP) is -6.03. The molecule has 0 N–H and O–H groups in total. The van der Waals surface area contributed by atoms with Gasteiger partial charge in [-0.1, -0.05) is 0 Å². The minimum atomic E-state index is -5.39. The maximum absolute atomic E-state index is 8.55. The average molecular weight is 265 g/mol. The molecular formula is MgO8P2V+. The molecule has 64 valence electrons.